The van der Waals surface area contributed by atoms with Crippen molar-refractivity contribution in [1.82, 2.24) is 9.80 Å². The molecule has 1 atom stereocenters. The van der Waals surface area contributed by atoms with Crippen LogP contribution in [-0.2, 0) is 9.53 Å². The van der Waals surface area contributed by atoms with E-state index in [2.05, 4.69) is 39.5 Å². The SMILES string of the molecule is CCN(CC)C(C)(C)C(C)CC(=O)N1CCOCC1. The summed E-state index contributed by atoms with van der Waals surface area (Å²) >= 11 is 0. The van der Waals surface area contributed by atoms with Crippen LogP contribution >= 0.6 is 0 Å². The molecule has 1 amide bonds. The molecule has 1 fully saturated rings. The molecule has 112 valence electrons. The summed E-state index contributed by atoms with van der Waals surface area (Å²) in [6.07, 6.45) is 0.628. The van der Waals surface area contributed by atoms with Gasteiger partial charge in [-0.3, -0.25) is 9.69 Å². The van der Waals surface area contributed by atoms with E-state index in [1.54, 1.807) is 0 Å². The minimum atomic E-state index is 0.0610. The van der Waals surface area contributed by atoms with Crippen molar-refractivity contribution in [3.8, 4) is 0 Å². The molecule has 4 nitrogen and oxygen atoms in total. The zero-order chi connectivity index (χ0) is 14.5. The molecule has 19 heavy (non-hydrogen) atoms. The monoisotopic (exact) mass is 270 g/mol. The fraction of sp³-hybridized carbons (Fsp3) is 0.933. The van der Waals surface area contributed by atoms with Gasteiger partial charge in [0.05, 0.1) is 13.2 Å². The van der Waals surface area contributed by atoms with E-state index in [9.17, 15) is 4.79 Å². The Bertz CT molecular complexity index is 282. The highest BCUT2D eigenvalue weighted by molar-refractivity contribution is 5.76. The summed E-state index contributed by atoms with van der Waals surface area (Å²) in [5.74, 6) is 0.624. The first-order valence-electron chi connectivity index (χ1n) is 7.54. The maximum absolute atomic E-state index is 12.3. The summed E-state index contributed by atoms with van der Waals surface area (Å²) in [4.78, 5) is 16.7. The van der Waals surface area contributed by atoms with Crippen molar-refractivity contribution in [2.75, 3.05) is 39.4 Å². The number of hydrogen-bond acceptors (Lipinski definition) is 3. The molecular weight excluding hydrogens is 240 g/mol. The highest BCUT2D eigenvalue weighted by atomic mass is 16.5. The molecule has 0 aliphatic carbocycles. The number of morpholine rings is 1. The molecule has 0 bridgehead atoms. The van der Waals surface area contributed by atoms with Crippen LogP contribution < -0.4 is 0 Å². The smallest absolute Gasteiger partial charge is 0.223 e. The lowest BCUT2D eigenvalue weighted by Gasteiger charge is -2.42. The van der Waals surface area contributed by atoms with Crippen LogP contribution in [0.4, 0.5) is 0 Å². The van der Waals surface area contributed by atoms with Gasteiger partial charge in [0, 0.05) is 25.0 Å². The molecule has 1 aliphatic heterocycles. The van der Waals surface area contributed by atoms with Crippen LogP contribution in [0, 0.1) is 5.92 Å². The second-order valence-electron chi connectivity index (χ2n) is 5.92. The summed E-state index contributed by atoms with van der Waals surface area (Å²) in [7, 11) is 0. The Balaban J connectivity index is 2.56. The molecule has 1 aliphatic rings. The first kappa shape index (κ1) is 16.4. The van der Waals surface area contributed by atoms with Gasteiger partial charge in [0.25, 0.3) is 0 Å². The average molecular weight is 270 g/mol. The van der Waals surface area contributed by atoms with Gasteiger partial charge in [-0.1, -0.05) is 20.8 Å². The molecule has 0 aromatic rings. The Kier molecular flexibility index (Phi) is 6.27. The van der Waals surface area contributed by atoms with E-state index in [0.717, 1.165) is 26.2 Å². The predicted octanol–water partition coefficient (Wildman–Crippen LogP) is 1.99. The Morgan fingerprint density at radius 3 is 2.26 bits per heavy atom. The lowest BCUT2D eigenvalue weighted by molar-refractivity contribution is -0.137. The molecule has 1 rings (SSSR count). The van der Waals surface area contributed by atoms with Crippen LogP contribution in [-0.4, -0.2) is 60.6 Å². The van der Waals surface area contributed by atoms with Crippen LogP contribution in [0.25, 0.3) is 0 Å². The van der Waals surface area contributed by atoms with Gasteiger partial charge in [-0.25, -0.2) is 0 Å². The van der Waals surface area contributed by atoms with Gasteiger partial charge in [-0.2, -0.15) is 0 Å². The number of amides is 1. The third-order valence-corrected chi connectivity index (χ3v) is 4.63. The van der Waals surface area contributed by atoms with Crippen molar-refractivity contribution in [3.63, 3.8) is 0 Å². The molecule has 4 heteroatoms. The average Bonchev–Trinajstić information content (AvgIpc) is 2.40. The summed E-state index contributed by atoms with van der Waals surface area (Å²) in [5, 5.41) is 0. The third-order valence-electron chi connectivity index (χ3n) is 4.63. The summed E-state index contributed by atoms with van der Waals surface area (Å²) in [6.45, 7) is 16.0. The second kappa shape index (κ2) is 7.25. The molecule has 0 aromatic heterocycles. The van der Waals surface area contributed by atoms with Crippen LogP contribution in [0.5, 0.6) is 0 Å². The number of ether oxygens (including phenoxy) is 1. The zero-order valence-corrected chi connectivity index (χ0v) is 13.2. The normalized spacial score (nSPS) is 18.7. The van der Waals surface area contributed by atoms with Gasteiger partial charge in [0.2, 0.25) is 5.91 Å². The van der Waals surface area contributed by atoms with Crippen LogP contribution in [0.2, 0.25) is 0 Å². The predicted molar refractivity (Wildman–Crippen MR) is 78.2 cm³/mol. The number of carbonyl (C=O) groups excluding carboxylic acids is 1. The molecule has 1 unspecified atom stereocenters. The van der Waals surface area contributed by atoms with Crippen molar-refractivity contribution in [1.29, 1.82) is 0 Å². The van der Waals surface area contributed by atoms with Gasteiger partial charge in [0.1, 0.15) is 0 Å². The van der Waals surface area contributed by atoms with Crippen LogP contribution in [0.15, 0.2) is 0 Å². The first-order chi connectivity index (χ1) is 8.93. The van der Waals surface area contributed by atoms with Crippen molar-refractivity contribution < 1.29 is 9.53 Å². The van der Waals surface area contributed by atoms with E-state index in [-0.39, 0.29) is 11.4 Å². The summed E-state index contributed by atoms with van der Waals surface area (Å²) in [5.41, 5.74) is 0.0610. The Morgan fingerprint density at radius 2 is 1.79 bits per heavy atom. The van der Waals surface area contributed by atoms with Crippen molar-refractivity contribution in [2.24, 2.45) is 5.92 Å². The van der Waals surface area contributed by atoms with Gasteiger partial charge >= 0.3 is 0 Å². The largest absolute Gasteiger partial charge is 0.378 e. The summed E-state index contributed by atoms with van der Waals surface area (Å²) < 4.78 is 5.29. The van der Waals surface area contributed by atoms with Crippen LogP contribution in [0.3, 0.4) is 0 Å². The van der Waals surface area contributed by atoms with E-state index >= 15 is 0 Å². The van der Waals surface area contributed by atoms with E-state index in [4.69, 9.17) is 4.74 Å². The topological polar surface area (TPSA) is 32.8 Å². The highest BCUT2D eigenvalue weighted by Gasteiger charge is 2.33. The second-order valence-corrected chi connectivity index (χ2v) is 5.92. The molecule has 0 saturated carbocycles. The minimum absolute atomic E-state index is 0.0610. The molecule has 1 saturated heterocycles. The fourth-order valence-corrected chi connectivity index (χ4v) is 2.80. The molecule has 0 N–H and O–H groups in total. The van der Waals surface area contributed by atoms with Crippen molar-refractivity contribution in [3.05, 3.63) is 0 Å². The summed E-state index contributed by atoms with van der Waals surface area (Å²) in [6, 6.07) is 0. The lowest BCUT2D eigenvalue weighted by Crippen LogP contribution is -2.50. The zero-order valence-electron chi connectivity index (χ0n) is 13.2. The highest BCUT2D eigenvalue weighted by Crippen LogP contribution is 2.27. The van der Waals surface area contributed by atoms with E-state index < -0.39 is 0 Å². The standard InChI is InChI=1S/C15H30N2O2/c1-6-17(7-2)15(4,5)13(3)12-14(18)16-8-10-19-11-9-16/h13H,6-12H2,1-5H3. The fourth-order valence-electron chi connectivity index (χ4n) is 2.80. The van der Waals surface area contributed by atoms with Crippen LogP contribution in [0.1, 0.15) is 41.0 Å². The van der Waals surface area contributed by atoms with Crippen molar-refractivity contribution in [2.45, 2.75) is 46.6 Å². The maximum Gasteiger partial charge on any atom is 0.223 e. The first-order valence-corrected chi connectivity index (χ1v) is 7.54. The molecule has 0 spiro atoms. The van der Waals surface area contributed by atoms with E-state index in [1.807, 2.05) is 4.90 Å². The number of nitrogens with zero attached hydrogens (tertiary/aromatic N) is 2. The van der Waals surface area contributed by atoms with Gasteiger partial charge in [0.15, 0.2) is 0 Å². The molecule has 0 aromatic carbocycles. The Hall–Kier alpha value is -0.610. The minimum Gasteiger partial charge on any atom is -0.378 e. The van der Waals surface area contributed by atoms with Gasteiger partial charge in [-0.05, 0) is 32.9 Å². The van der Waals surface area contributed by atoms with Gasteiger partial charge < -0.3 is 9.64 Å². The maximum atomic E-state index is 12.3. The molecule has 1 heterocycles. The number of rotatable bonds is 6. The van der Waals surface area contributed by atoms with Crippen molar-refractivity contribution >= 4 is 5.91 Å². The molecular formula is C15H30N2O2. The number of hydrogen-bond donors (Lipinski definition) is 0. The van der Waals surface area contributed by atoms with Gasteiger partial charge in [-0.15, -0.1) is 0 Å². The quantitative estimate of drug-likeness (QED) is 0.740. The molecule has 0 radical (unpaired) electrons. The van der Waals surface area contributed by atoms with E-state index in [1.165, 1.54) is 0 Å². The Labute approximate surface area is 118 Å². The lowest BCUT2D eigenvalue weighted by atomic mass is 9.84. The number of carbonyl (C=O) groups is 1. The Morgan fingerprint density at radius 1 is 1.26 bits per heavy atom. The third kappa shape index (κ3) is 4.18. The van der Waals surface area contributed by atoms with E-state index in [0.29, 0.717) is 25.6 Å².